The topological polar surface area (TPSA) is 72.6 Å². The average molecular weight is 174 g/mol. The molecule has 0 aliphatic rings. The van der Waals surface area contributed by atoms with E-state index in [1.165, 1.54) is 11.9 Å². The zero-order valence-corrected chi connectivity index (χ0v) is 7.75. The minimum atomic E-state index is -1.09. The van der Waals surface area contributed by atoms with Crippen LogP contribution >= 0.6 is 0 Å². The Hall–Kier alpha value is -1.26. The Morgan fingerprint density at radius 2 is 1.75 bits per heavy atom. The van der Waals surface area contributed by atoms with E-state index in [1.807, 2.05) is 20.8 Å². The summed E-state index contributed by atoms with van der Waals surface area (Å²) >= 11 is 0. The standard InChI is InChI=1S/C7H14N2O3/c1-7(2,3)9(4)6(11)12-5(8)10/h1-4H3,(H2,8,10). The number of carbonyl (C=O) groups excluding carboxylic acids is 2. The van der Waals surface area contributed by atoms with Crippen molar-refractivity contribution in [3.63, 3.8) is 0 Å². The molecular formula is C7H14N2O3. The van der Waals surface area contributed by atoms with Crippen LogP contribution in [0.1, 0.15) is 20.8 Å². The molecule has 0 saturated carbocycles. The van der Waals surface area contributed by atoms with Gasteiger partial charge >= 0.3 is 12.2 Å². The number of primary amides is 1. The lowest BCUT2D eigenvalue weighted by Crippen LogP contribution is -2.44. The first-order valence-electron chi connectivity index (χ1n) is 3.50. The van der Waals surface area contributed by atoms with E-state index < -0.39 is 12.2 Å². The average Bonchev–Trinajstić information content (AvgIpc) is 1.82. The van der Waals surface area contributed by atoms with E-state index >= 15 is 0 Å². The van der Waals surface area contributed by atoms with Crippen LogP contribution in [0.25, 0.3) is 0 Å². The summed E-state index contributed by atoms with van der Waals surface area (Å²) in [7, 11) is 1.53. The van der Waals surface area contributed by atoms with Crippen molar-refractivity contribution < 1.29 is 14.3 Å². The first kappa shape index (κ1) is 10.7. The smallest absolute Gasteiger partial charge is 0.359 e. The van der Waals surface area contributed by atoms with Crippen molar-refractivity contribution in [1.82, 2.24) is 4.90 Å². The quantitative estimate of drug-likeness (QED) is 0.555. The molecule has 0 fully saturated rings. The number of hydrogen-bond donors (Lipinski definition) is 1. The summed E-state index contributed by atoms with van der Waals surface area (Å²) in [4.78, 5) is 22.5. The van der Waals surface area contributed by atoms with Gasteiger partial charge in [-0.25, -0.2) is 9.59 Å². The van der Waals surface area contributed by atoms with Gasteiger partial charge in [0, 0.05) is 12.6 Å². The van der Waals surface area contributed by atoms with Gasteiger partial charge in [-0.2, -0.15) is 0 Å². The van der Waals surface area contributed by atoms with E-state index in [0.29, 0.717) is 0 Å². The molecule has 0 aromatic rings. The van der Waals surface area contributed by atoms with E-state index in [4.69, 9.17) is 0 Å². The molecule has 0 unspecified atom stereocenters. The van der Waals surface area contributed by atoms with Crippen LogP contribution < -0.4 is 5.73 Å². The van der Waals surface area contributed by atoms with Gasteiger partial charge in [0.25, 0.3) is 0 Å². The molecule has 5 heteroatoms. The van der Waals surface area contributed by atoms with E-state index in [9.17, 15) is 9.59 Å². The highest BCUT2D eigenvalue weighted by Gasteiger charge is 2.24. The summed E-state index contributed by atoms with van der Waals surface area (Å²) in [5.74, 6) is 0. The van der Waals surface area contributed by atoms with Crippen LogP contribution in [0.2, 0.25) is 0 Å². The van der Waals surface area contributed by atoms with E-state index in [1.54, 1.807) is 0 Å². The highest BCUT2D eigenvalue weighted by Crippen LogP contribution is 2.11. The maximum absolute atomic E-state index is 11.0. The highest BCUT2D eigenvalue weighted by atomic mass is 16.6. The van der Waals surface area contributed by atoms with Crippen LogP contribution in [0, 0.1) is 0 Å². The van der Waals surface area contributed by atoms with Crippen molar-refractivity contribution in [1.29, 1.82) is 0 Å². The predicted molar refractivity (Wildman–Crippen MR) is 43.6 cm³/mol. The minimum absolute atomic E-state index is 0.382. The first-order valence-corrected chi connectivity index (χ1v) is 3.50. The number of ether oxygens (including phenoxy) is 1. The third kappa shape index (κ3) is 3.23. The second-order valence-electron chi connectivity index (χ2n) is 3.42. The minimum Gasteiger partial charge on any atom is -0.359 e. The molecule has 0 aromatic heterocycles. The van der Waals surface area contributed by atoms with Crippen LogP contribution in [-0.2, 0) is 4.74 Å². The summed E-state index contributed by atoms with van der Waals surface area (Å²) < 4.78 is 4.16. The Morgan fingerprint density at radius 3 is 2.00 bits per heavy atom. The van der Waals surface area contributed by atoms with Crippen molar-refractivity contribution in [2.24, 2.45) is 5.73 Å². The molecule has 0 radical (unpaired) electrons. The fourth-order valence-corrected chi connectivity index (χ4v) is 0.428. The lowest BCUT2D eigenvalue weighted by atomic mass is 10.1. The van der Waals surface area contributed by atoms with Crippen LogP contribution in [0.3, 0.4) is 0 Å². The Morgan fingerprint density at radius 1 is 1.33 bits per heavy atom. The third-order valence-electron chi connectivity index (χ3n) is 1.47. The summed E-state index contributed by atoms with van der Waals surface area (Å²) in [6, 6.07) is 0. The molecule has 2 amide bonds. The van der Waals surface area contributed by atoms with Gasteiger partial charge in [-0.05, 0) is 20.8 Å². The van der Waals surface area contributed by atoms with Gasteiger partial charge in [0.1, 0.15) is 0 Å². The number of carbonyl (C=O) groups is 2. The SMILES string of the molecule is CN(C(=O)OC(N)=O)C(C)(C)C. The summed E-state index contributed by atoms with van der Waals surface area (Å²) in [6.07, 6.45) is -1.83. The molecule has 0 saturated heterocycles. The fraction of sp³-hybridized carbons (Fsp3) is 0.714. The van der Waals surface area contributed by atoms with Gasteiger partial charge in [-0.15, -0.1) is 0 Å². The van der Waals surface area contributed by atoms with Gasteiger partial charge in [-0.1, -0.05) is 0 Å². The molecule has 12 heavy (non-hydrogen) atoms. The Labute approximate surface area is 71.5 Å². The van der Waals surface area contributed by atoms with Gasteiger partial charge in [0.15, 0.2) is 0 Å². The second kappa shape index (κ2) is 3.42. The molecule has 0 aliphatic heterocycles. The molecule has 70 valence electrons. The number of nitrogens with zero attached hydrogens (tertiary/aromatic N) is 1. The normalized spacial score (nSPS) is 10.7. The molecule has 0 spiro atoms. The lowest BCUT2D eigenvalue weighted by molar-refractivity contribution is 0.102. The summed E-state index contributed by atoms with van der Waals surface area (Å²) in [5.41, 5.74) is 4.28. The largest absolute Gasteiger partial charge is 0.418 e. The molecule has 0 rings (SSSR count). The molecule has 0 atom stereocenters. The van der Waals surface area contributed by atoms with Crippen LogP contribution in [-0.4, -0.2) is 29.7 Å². The van der Waals surface area contributed by atoms with Gasteiger partial charge < -0.3 is 15.4 Å². The molecule has 5 nitrogen and oxygen atoms in total. The molecular weight excluding hydrogens is 160 g/mol. The van der Waals surface area contributed by atoms with Crippen LogP contribution in [0.4, 0.5) is 9.59 Å². The van der Waals surface area contributed by atoms with Crippen molar-refractivity contribution >= 4 is 12.2 Å². The van der Waals surface area contributed by atoms with Gasteiger partial charge in [0.2, 0.25) is 0 Å². The van der Waals surface area contributed by atoms with Crippen LogP contribution in [0.5, 0.6) is 0 Å². The van der Waals surface area contributed by atoms with E-state index in [-0.39, 0.29) is 5.54 Å². The maximum atomic E-state index is 11.0. The fourth-order valence-electron chi connectivity index (χ4n) is 0.428. The van der Waals surface area contributed by atoms with Crippen molar-refractivity contribution in [2.75, 3.05) is 7.05 Å². The van der Waals surface area contributed by atoms with Crippen molar-refractivity contribution in [3.05, 3.63) is 0 Å². The lowest BCUT2D eigenvalue weighted by Gasteiger charge is -2.30. The monoisotopic (exact) mass is 174 g/mol. The number of hydrogen-bond acceptors (Lipinski definition) is 3. The summed E-state index contributed by atoms with van der Waals surface area (Å²) in [5, 5.41) is 0. The zero-order chi connectivity index (χ0) is 9.94. The maximum Gasteiger partial charge on any atom is 0.418 e. The van der Waals surface area contributed by atoms with Gasteiger partial charge in [-0.3, -0.25) is 0 Å². The molecule has 0 bridgehead atoms. The molecule has 0 heterocycles. The Bertz CT molecular complexity index is 195. The van der Waals surface area contributed by atoms with E-state index in [2.05, 4.69) is 10.5 Å². The molecule has 0 aromatic carbocycles. The number of rotatable bonds is 0. The number of amides is 2. The molecule has 2 N–H and O–H groups in total. The second-order valence-corrected chi connectivity index (χ2v) is 3.42. The number of nitrogens with two attached hydrogens (primary N) is 1. The molecule has 0 aliphatic carbocycles. The third-order valence-corrected chi connectivity index (χ3v) is 1.47. The Balaban J connectivity index is 4.21. The Kier molecular flexibility index (Phi) is 3.06. The highest BCUT2D eigenvalue weighted by molar-refractivity contribution is 5.82. The first-order chi connectivity index (χ1) is 5.25. The zero-order valence-electron chi connectivity index (χ0n) is 7.75. The van der Waals surface area contributed by atoms with Crippen molar-refractivity contribution in [3.8, 4) is 0 Å². The van der Waals surface area contributed by atoms with E-state index in [0.717, 1.165) is 0 Å². The summed E-state index contributed by atoms with van der Waals surface area (Å²) in [6.45, 7) is 5.44. The predicted octanol–water partition coefficient (Wildman–Crippen LogP) is 0.932. The van der Waals surface area contributed by atoms with Gasteiger partial charge in [0.05, 0.1) is 0 Å². The van der Waals surface area contributed by atoms with Crippen molar-refractivity contribution in [2.45, 2.75) is 26.3 Å². The van der Waals surface area contributed by atoms with Crippen LogP contribution in [0.15, 0.2) is 0 Å².